The molecule has 0 heterocycles. The molecule has 2 aromatic rings. The molecule has 4 N–H and O–H groups in total. The molecular formula is C17H19N3O4S. The van der Waals surface area contributed by atoms with Crippen LogP contribution in [0.5, 0.6) is 0 Å². The zero-order valence-corrected chi connectivity index (χ0v) is 14.6. The standard InChI is InChI=1S/C17H19N3O4S/c1-11(2)20-25(23,24)15-5-3-4-13(10-15)17(22)19-14-8-6-12(7-9-14)16(18)21/h3-11,20H,1-2H3,(H2,18,21)(H,19,22). The molecule has 0 radical (unpaired) electrons. The Morgan fingerprint density at radius 2 is 1.64 bits per heavy atom. The molecule has 7 nitrogen and oxygen atoms in total. The average Bonchev–Trinajstić information content (AvgIpc) is 2.54. The van der Waals surface area contributed by atoms with Crippen molar-refractivity contribution < 1.29 is 18.0 Å². The van der Waals surface area contributed by atoms with Gasteiger partial charge in [-0.05, 0) is 56.3 Å². The summed E-state index contributed by atoms with van der Waals surface area (Å²) in [5.74, 6) is -1.03. The lowest BCUT2D eigenvalue weighted by atomic mass is 10.2. The Balaban J connectivity index is 2.20. The van der Waals surface area contributed by atoms with Crippen molar-refractivity contribution in [3.05, 3.63) is 59.7 Å². The maximum Gasteiger partial charge on any atom is 0.255 e. The molecule has 2 rings (SSSR count). The smallest absolute Gasteiger partial charge is 0.255 e. The molecule has 0 saturated carbocycles. The van der Waals surface area contributed by atoms with Gasteiger partial charge in [0, 0.05) is 22.9 Å². The first kappa shape index (κ1) is 18.6. The predicted octanol–water partition coefficient (Wildman–Crippen LogP) is 1.72. The van der Waals surface area contributed by atoms with Gasteiger partial charge in [0.2, 0.25) is 15.9 Å². The van der Waals surface area contributed by atoms with Crippen LogP contribution in [0.4, 0.5) is 5.69 Å². The number of primary amides is 1. The minimum atomic E-state index is -3.68. The highest BCUT2D eigenvalue weighted by atomic mass is 32.2. The van der Waals surface area contributed by atoms with E-state index in [-0.39, 0.29) is 16.5 Å². The van der Waals surface area contributed by atoms with Crippen LogP contribution in [-0.2, 0) is 10.0 Å². The molecule has 0 aliphatic rings. The normalized spacial score (nSPS) is 11.3. The number of nitrogens with two attached hydrogens (primary N) is 1. The van der Waals surface area contributed by atoms with Crippen LogP contribution in [0.3, 0.4) is 0 Å². The lowest BCUT2D eigenvalue weighted by Crippen LogP contribution is -2.30. The zero-order valence-electron chi connectivity index (χ0n) is 13.8. The highest BCUT2D eigenvalue weighted by Crippen LogP contribution is 2.15. The molecule has 0 aromatic heterocycles. The Morgan fingerprint density at radius 3 is 2.20 bits per heavy atom. The quantitative estimate of drug-likeness (QED) is 0.726. The summed E-state index contributed by atoms with van der Waals surface area (Å²) in [7, 11) is -3.68. The second-order valence-corrected chi connectivity index (χ2v) is 7.41. The SMILES string of the molecule is CC(C)NS(=O)(=O)c1cccc(C(=O)Nc2ccc(C(N)=O)cc2)c1. The Kier molecular flexibility index (Phi) is 5.55. The molecule has 0 unspecified atom stereocenters. The molecule has 0 aliphatic carbocycles. The highest BCUT2D eigenvalue weighted by molar-refractivity contribution is 7.89. The molecule has 0 atom stereocenters. The summed E-state index contributed by atoms with van der Waals surface area (Å²) in [4.78, 5) is 23.4. The van der Waals surface area contributed by atoms with E-state index in [2.05, 4.69) is 10.0 Å². The number of nitrogens with one attached hydrogen (secondary N) is 2. The van der Waals surface area contributed by atoms with Crippen LogP contribution in [-0.4, -0.2) is 26.3 Å². The number of carbonyl (C=O) groups is 2. The molecule has 0 spiro atoms. The third kappa shape index (κ3) is 4.88. The van der Waals surface area contributed by atoms with Crippen LogP contribution in [0.25, 0.3) is 0 Å². The Bertz CT molecular complexity index is 890. The topological polar surface area (TPSA) is 118 Å². The predicted molar refractivity (Wildman–Crippen MR) is 94.8 cm³/mol. The van der Waals surface area contributed by atoms with Crippen molar-refractivity contribution in [1.82, 2.24) is 4.72 Å². The van der Waals surface area contributed by atoms with Crippen LogP contribution >= 0.6 is 0 Å². The van der Waals surface area contributed by atoms with Crippen LogP contribution in [0.1, 0.15) is 34.6 Å². The molecule has 0 bridgehead atoms. The van der Waals surface area contributed by atoms with Crippen molar-refractivity contribution in [2.75, 3.05) is 5.32 Å². The summed E-state index contributed by atoms with van der Waals surface area (Å²) in [6.07, 6.45) is 0. The molecule has 0 saturated heterocycles. The van der Waals surface area contributed by atoms with Gasteiger partial charge in [0.25, 0.3) is 5.91 Å². The second kappa shape index (κ2) is 7.45. The molecule has 8 heteroatoms. The number of hydrogen-bond donors (Lipinski definition) is 3. The van der Waals surface area contributed by atoms with Gasteiger partial charge in [0.1, 0.15) is 0 Å². The van der Waals surface area contributed by atoms with Crippen molar-refractivity contribution in [2.45, 2.75) is 24.8 Å². The average molecular weight is 361 g/mol. The summed E-state index contributed by atoms with van der Waals surface area (Å²) in [6, 6.07) is 11.5. The van der Waals surface area contributed by atoms with Gasteiger partial charge in [-0.3, -0.25) is 9.59 Å². The van der Waals surface area contributed by atoms with Crippen molar-refractivity contribution in [3.63, 3.8) is 0 Å². The van der Waals surface area contributed by atoms with Gasteiger partial charge in [0.15, 0.2) is 0 Å². The fourth-order valence-corrected chi connectivity index (χ4v) is 3.40. The summed E-state index contributed by atoms with van der Waals surface area (Å²) >= 11 is 0. The summed E-state index contributed by atoms with van der Waals surface area (Å²) in [5.41, 5.74) is 6.14. The maximum absolute atomic E-state index is 12.3. The van der Waals surface area contributed by atoms with E-state index in [0.717, 1.165) is 0 Å². The fraction of sp³-hybridized carbons (Fsp3) is 0.176. The first-order valence-corrected chi connectivity index (χ1v) is 9.01. The fourth-order valence-electron chi connectivity index (χ4n) is 2.10. The van der Waals surface area contributed by atoms with E-state index in [9.17, 15) is 18.0 Å². The van der Waals surface area contributed by atoms with Gasteiger partial charge in [0.05, 0.1) is 4.90 Å². The summed E-state index contributed by atoms with van der Waals surface area (Å²) in [6.45, 7) is 3.42. The van der Waals surface area contributed by atoms with Crippen LogP contribution < -0.4 is 15.8 Å². The van der Waals surface area contributed by atoms with Crippen LogP contribution in [0.15, 0.2) is 53.4 Å². The van der Waals surface area contributed by atoms with E-state index in [1.165, 1.54) is 36.4 Å². The van der Waals surface area contributed by atoms with Gasteiger partial charge in [-0.15, -0.1) is 0 Å². The molecule has 2 amide bonds. The lowest BCUT2D eigenvalue weighted by Gasteiger charge is -2.11. The van der Waals surface area contributed by atoms with Crippen molar-refractivity contribution >= 4 is 27.5 Å². The van der Waals surface area contributed by atoms with Crippen molar-refractivity contribution in [3.8, 4) is 0 Å². The molecule has 0 aliphatic heterocycles. The van der Waals surface area contributed by atoms with E-state index >= 15 is 0 Å². The van der Waals surface area contributed by atoms with Crippen LogP contribution in [0.2, 0.25) is 0 Å². The zero-order chi connectivity index (χ0) is 18.6. The van der Waals surface area contributed by atoms with E-state index in [1.54, 1.807) is 26.0 Å². The van der Waals surface area contributed by atoms with Gasteiger partial charge < -0.3 is 11.1 Å². The second-order valence-electron chi connectivity index (χ2n) is 5.70. The molecule has 25 heavy (non-hydrogen) atoms. The van der Waals surface area contributed by atoms with Gasteiger partial charge in [-0.25, -0.2) is 13.1 Å². The summed E-state index contributed by atoms with van der Waals surface area (Å²) in [5, 5.41) is 2.64. The van der Waals surface area contributed by atoms with E-state index in [0.29, 0.717) is 11.3 Å². The number of rotatable bonds is 6. The van der Waals surface area contributed by atoms with Crippen molar-refractivity contribution in [1.29, 1.82) is 0 Å². The summed E-state index contributed by atoms with van der Waals surface area (Å²) < 4.78 is 26.8. The largest absolute Gasteiger partial charge is 0.366 e. The minimum absolute atomic E-state index is 0.0120. The number of benzene rings is 2. The van der Waals surface area contributed by atoms with E-state index < -0.39 is 21.8 Å². The highest BCUT2D eigenvalue weighted by Gasteiger charge is 2.17. The minimum Gasteiger partial charge on any atom is -0.366 e. The monoisotopic (exact) mass is 361 g/mol. The molecule has 0 fully saturated rings. The third-order valence-corrected chi connectivity index (χ3v) is 4.88. The first-order valence-electron chi connectivity index (χ1n) is 7.52. The number of carbonyl (C=O) groups excluding carboxylic acids is 2. The Morgan fingerprint density at radius 1 is 1.00 bits per heavy atom. The molecular weight excluding hydrogens is 342 g/mol. The van der Waals surface area contributed by atoms with E-state index in [4.69, 9.17) is 5.73 Å². The van der Waals surface area contributed by atoms with Crippen molar-refractivity contribution in [2.24, 2.45) is 5.73 Å². The first-order chi connectivity index (χ1) is 11.7. The third-order valence-electron chi connectivity index (χ3n) is 3.22. The number of sulfonamides is 1. The van der Waals surface area contributed by atoms with Gasteiger partial charge in [-0.2, -0.15) is 0 Å². The number of anilines is 1. The number of hydrogen-bond acceptors (Lipinski definition) is 4. The van der Waals surface area contributed by atoms with Gasteiger partial charge >= 0.3 is 0 Å². The molecule has 132 valence electrons. The Labute approximate surface area is 146 Å². The Hall–Kier alpha value is -2.71. The maximum atomic E-state index is 12.3. The number of amides is 2. The van der Waals surface area contributed by atoms with Gasteiger partial charge in [-0.1, -0.05) is 6.07 Å². The lowest BCUT2D eigenvalue weighted by molar-refractivity contribution is 0.0998. The van der Waals surface area contributed by atoms with Crippen LogP contribution in [0, 0.1) is 0 Å². The molecule has 2 aromatic carbocycles. The van der Waals surface area contributed by atoms with E-state index in [1.807, 2.05) is 0 Å².